The van der Waals surface area contributed by atoms with Crippen LogP contribution in [0.25, 0.3) is 0 Å². The maximum absolute atomic E-state index is 12.0. The summed E-state index contributed by atoms with van der Waals surface area (Å²) in [6.45, 7) is 1.49. The van der Waals surface area contributed by atoms with Crippen LogP contribution < -0.4 is 10.6 Å². The van der Waals surface area contributed by atoms with E-state index in [4.69, 9.17) is 5.11 Å². The Balaban J connectivity index is 1.87. The van der Waals surface area contributed by atoms with Crippen molar-refractivity contribution in [3.05, 3.63) is 34.9 Å². The molecule has 0 spiro atoms. The number of fused-ring (bicyclic) bond motifs is 1. The maximum atomic E-state index is 12.0. The Bertz CT molecular complexity index is 514. The Labute approximate surface area is 118 Å². The van der Waals surface area contributed by atoms with E-state index in [2.05, 4.69) is 10.6 Å². The van der Waals surface area contributed by atoms with E-state index in [1.807, 2.05) is 12.1 Å². The molecular weight excluding hydrogens is 256 g/mol. The number of carbonyl (C=O) groups excluding carboxylic acids is 2. The standard InChI is InChI=1S/C15H20N2O3/c1-10(9-18)17-14(19)8-16-15(20)13-6-5-11-3-2-4-12(11)7-13/h5-7,10,18H,2-4,8-9H2,1H3,(H,16,20)(H,17,19). The summed E-state index contributed by atoms with van der Waals surface area (Å²) in [5, 5.41) is 14.0. The summed E-state index contributed by atoms with van der Waals surface area (Å²) in [7, 11) is 0. The van der Waals surface area contributed by atoms with Crippen LogP contribution in [0, 0.1) is 0 Å². The van der Waals surface area contributed by atoms with Gasteiger partial charge in [-0.15, -0.1) is 0 Å². The molecule has 0 fully saturated rings. The number of aliphatic hydroxyl groups excluding tert-OH is 1. The molecular formula is C15H20N2O3. The molecule has 5 heteroatoms. The SMILES string of the molecule is CC(CO)NC(=O)CNC(=O)c1ccc2c(c1)CCC2. The third-order valence-electron chi connectivity index (χ3n) is 3.45. The smallest absolute Gasteiger partial charge is 0.251 e. The summed E-state index contributed by atoms with van der Waals surface area (Å²) in [5.74, 6) is -0.549. The maximum Gasteiger partial charge on any atom is 0.251 e. The second-order valence-electron chi connectivity index (χ2n) is 5.17. The minimum atomic E-state index is -0.306. The summed E-state index contributed by atoms with van der Waals surface area (Å²) in [4.78, 5) is 23.5. The molecule has 108 valence electrons. The second-order valence-corrected chi connectivity index (χ2v) is 5.17. The molecule has 3 N–H and O–H groups in total. The van der Waals surface area contributed by atoms with Crippen LogP contribution in [0.3, 0.4) is 0 Å². The Morgan fingerprint density at radius 1 is 1.30 bits per heavy atom. The van der Waals surface area contributed by atoms with Crippen LogP contribution in [0.15, 0.2) is 18.2 Å². The van der Waals surface area contributed by atoms with Gasteiger partial charge in [-0.2, -0.15) is 0 Å². The average molecular weight is 276 g/mol. The molecule has 2 amide bonds. The van der Waals surface area contributed by atoms with Gasteiger partial charge in [-0.25, -0.2) is 0 Å². The molecule has 1 aliphatic rings. The number of aryl methyl sites for hydroxylation is 2. The fourth-order valence-corrected chi connectivity index (χ4v) is 2.35. The highest BCUT2D eigenvalue weighted by molar-refractivity contribution is 5.96. The van der Waals surface area contributed by atoms with Gasteiger partial charge in [0.2, 0.25) is 5.91 Å². The summed E-state index contributed by atoms with van der Waals surface area (Å²) in [6.07, 6.45) is 3.24. The van der Waals surface area contributed by atoms with E-state index in [-0.39, 0.29) is 31.0 Å². The molecule has 1 unspecified atom stereocenters. The Hall–Kier alpha value is -1.88. The van der Waals surface area contributed by atoms with E-state index < -0.39 is 0 Å². The third-order valence-corrected chi connectivity index (χ3v) is 3.45. The predicted molar refractivity (Wildman–Crippen MR) is 75.5 cm³/mol. The zero-order valence-electron chi connectivity index (χ0n) is 11.6. The van der Waals surface area contributed by atoms with Crippen LogP contribution in [-0.4, -0.2) is 36.1 Å². The number of nitrogens with one attached hydrogen (secondary N) is 2. The number of hydrogen-bond donors (Lipinski definition) is 3. The molecule has 0 saturated heterocycles. The first-order valence-electron chi connectivity index (χ1n) is 6.90. The minimum absolute atomic E-state index is 0.0831. The monoisotopic (exact) mass is 276 g/mol. The topological polar surface area (TPSA) is 78.4 Å². The van der Waals surface area contributed by atoms with Crippen molar-refractivity contribution in [1.82, 2.24) is 10.6 Å². The van der Waals surface area contributed by atoms with Crippen LogP contribution in [0.4, 0.5) is 0 Å². The minimum Gasteiger partial charge on any atom is -0.394 e. The molecule has 1 atom stereocenters. The number of carbonyl (C=O) groups is 2. The first-order valence-corrected chi connectivity index (χ1v) is 6.90. The van der Waals surface area contributed by atoms with Crippen LogP contribution in [0.5, 0.6) is 0 Å². The molecule has 0 bridgehead atoms. The van der Waals surface area contributed by atoms with Gasteiger partial charge in [-0.1, -0.05) is 6.07 Å². The van der Waals surface area contributed by atoms with Gasteiger partial charge in [0, 0.05) is 11.6 Å². The highest BCUT2D eigenvalue weighted by Gasteiger charge is 2.14. The first-order chi connectivity index (χ1) is 9.60. The molecule has 0 aromatic heterocycles. The average Bonchev–Trinajstić information content (AvgIpc) is 2.91. The molecule has 0 radical (unpaired) electrons. The van der Waals surface area contributed by atoms with E-state index in [1.54, 1.807) is 13.0 Å². The number of aliphatic hydroxyl groups is 1. The molecule has 1 aliphatic carbocycles. The normalized spacial score (nSPS) is 14.5. The van der Waals surface area contributed by atoms with E-state index in [0.717, 1.165) is 19.3 Å². The number of amides is 2. The van der Waals surface area contributed by atoms with Crippen molar-refractivity contribution in [1.29, 1.82) is 0 Å². The fraction of sp³-hybridized carbons (Fsp3) is 0.467. The summed E-state index contributed by atoms with van der Waals surface area (Å²) < 4.78 is 0. The van der Waals surface area contributed by atoms with E-state index >= 15 is 0 Å². The van der Waals surface area contributed by atoms with Crippen molar-refractivity contribution >= 4 is 11.8 Å². The Morgan fingerprint density at radius 3 is 2.80 bits per heavy atom. The molecule has 0 saturated carbocycles. The van der Waals surface area contributed by atoms with Gasteiger partial charge in [-0.3, -0.25) is 9.59 Å². The lowest BCUT2D eigenvalue weighted by molar-refractivity contribution is -0.121. The third kappa shape index (κ3) is 3.57. The van der Waals surface area contributed by atoms with Gasteiger partial charge in [-0.05, 0) is 49.4 Å². The summed E-state index contributed by atoms with van der Waals surface area (Å²) >= 11 is 0. The highest BCUT2D eigenvalue weighted by atomic mass is 16.3. The van der Waals surface area contributed by atoms with E-state index in [1.165, 1.54) is 11.1 Å². The second kappa shape index (κ2) is 6.52. The van der Waals surface area contributed by atoms with E-state index in [9.17, 15) is 9.59 Å². The zero-order valence-corrected chi connectivity index (χ0v) is 11.6. The van der Waals surface area contributed by atoms with Gasteiger partial charge in [0.1, 0.15) is 0 Å². The van der Waals surface area contributed by atoms with Gasteiger partial charge in [0.15, 0.2) is 0 Å². The van der Waals surface area contributed by atoms with Crippen LogP contribution in [0.2, 0.25) is 0 Å². The predicted octanol–water partition coefficient (Wildman–Crippen LogP) is 0.402. The van der Waals surface area contributed by atoms with Crippen LogP contribution in [-0.2, 0) is 17.6 Å². The first kappa shape index (κ1) is 14.5. The van der Waals surface area contributed by atoms with E-state index in [0.29, 0.717) is 5.56 Å². The van der Waals surface area contributed by atoms with Gasteiger partial charge in [0.05, 0.1) is 13.2 Å². The van der Waals surface area contributed by atoms with Crippen LogP contribution >= 0.6 is 0 Å². The van der Waals surface area contributed by atoms with Crippen molar-refractivity contribution in [3.8, 4) is 0 Å². The van der Waals surface area contributed by atoms with Gasteiger partial charge < -0.3 is 15.7 Å². The number of benzene rings is 1. The van der Waals surface area contributed by atoms with Crippen molar-refractivity contribution in [2.75, 3.05) is 13.2 Å². The molecule has 5 nitrogen and oxygen atoms in total. The number of hydrogen-bond acceptors (Lipinski definition) is 3. The van der Waals surface area contributed by atoms with Crippen LogP contribution in [0.1, 0.15) is 34.8 Å². The van der Waals surface area contributed by atoms with Gasteiger partial charge in [0.25, 0.3) is 5.91 Å². The van der Waals surface area contributed by atoms with Crippen molar-refractivity contribution < 1.29 is 14.7 Å². The van der Waals surface area contributed by atoms with Crippen molar-refractivity contribution in [3.63, 3.8) is 0 Å². The lowest BCUT2D eigenvalue weighted by Gasteiger charge is -2.11. The Morgan fingerprint density at radius 2 is 2.05 bits per heavy atom. The van der Waals surface area contributed by atoms with Crippen molar-refractivity contribution in [2.24, 2.45) is 0 Å². The lowest BCUT2D eigenvalue weighted by atomic mass is 10.1. The van der Waals surface area contributed by atoms with Gasteiger partial charge >= 0.3 is 0 Å². The molecule has 2 rings (SSSR count). The quantitative estimate of drug-likeness (QED) is 0.728. The molecule has 20 heavy (non-hydrogen) atoms. The number of rotatable bonds is 5. The zero-order chi connectivity index (χ0) is 14.5. The summed E-state index contributed by atoms with van der Waals surface area (Å²) in [5.41, 5.74) is 3.14. The molecule has 0 heterocycles. The largest absolute Gasteiger partial charge is 0.394 e. The Kier molecular flexibility index (Phi) is 4.74. The lowest BCUT2D eigenvalue weighted by Crippen LogP contribution is -2.42. The molecule has 1 aromatic rings. The molecule has 0 aliphatic heterocycles. The molecule has 1 aromatic carbocycles. The summed E-state index contributed by atoms with van der Waals surface area (Å²) in [6, 6.07) is 5.39. The fourth-order valence-electron chi connectivity index (χ4n) is 2.35. The highest BCUT2D eigenvalue weighted by Crippen LogP contribution is 2.22. The van der Waals surface area contributed by atoms with Crippen molar-refractivity contribution in [2.45, 2.75) is 32.2 Å².